The Bertz CT molecular complexity index is 526. The molecular weight excluding hydrogens is 283 g/mol. The van der Waals surface area contributed by atoms with Gasteiger partial charge >= 0.3 is 5.97 Å². The second kappa shape index (κ2) is 6.21. The first kappa shape index (κ1) is 14.8. The summed E-state index contributed by atoms with van der Waals surface area (Å²) in [6, 6.07) is 0.374. The average Bonchev–Trinajstić information content (AvgIpc) is 2.83. The summed E-state index contributed by atoms with van der Waals surface area (Å²) in [5.74, 6) is -2.04. The quantitative estimate of drug-likeness (QED) is 0.920. The van der Waals surface area contributed by atoms with Crippen LogP contribution in [0.4, 0.5) is 4.39 Å². The Labute approximate surface area is 120 Å². The van der Waals surface area contributed by atoms with E-state index in [1.165, 1.54) is 28.9 Å². The van der Waals surface area contributed by atoms with Gasteiger partial charge in [0.2, 0.25) is 0 Å². The standard InChI is InChI=1S/C13H15FN2O3S/c1-2-3-11-16(10(7-20-11)13(18)19)12(17)8-4-5-15-6-9(8)14/h4-6,10-11H,2-3,7H2,1H3,(H,18,19). The van der Waals surface area contributed by atoms with E-state index in [0.717, 1.165) is 12.6 Å². The van der Waals surface area contributed by atoms with Crippen LogP contribution in [0.15, 0.2) is 18.5 Å². The van der Waals surface area contributed by atoms with Gasteiger partial charge in [0.15, 0.2) is 5.82 Å². The molecule has 0 bridgehead atoms. The van der Waals surface area contributed by atoms with E-state index in [2.05, 4.69) is 4.98 Å². The van der Waals surface area contributed by atoms with Crippen molar-refractivity contribution in [3.8, 4) is 0 Å². The van der Waals surface area contributed by atoms with Gasteiger partial charge < -0.3 is 10.0 Å². The number of hydrogen-bond donors (Lipinski definition) is 1. The maximum atomic E-state index is 13.7. The third-order valence-corrected chi connectivity index (χ3v) is 4.51. The first-order valence-corrected chi connectivity index (χ1v) is 7.37. The Morgan fingerprint density at radius 1 is 1.60 bits per heavy atom. The second-order valence-corrected chi connectivity index (χ2v) is 5.71. The van der Waals surface area contributed by atoms with Crippen LogP contribution in [0.1, 0.15) is 30.1 Å². The lowest BCUT2D eigenvalue weighted by Gasteiger charge is -2.27. The van der Waals surface area contributed by atoms with Crippen molar-refractivity contribution in [2.24, 2.45) is 0 Å². The van der Waals surface area contributed by atoms with Gasteiger partial charge in [-0.05, 0) is 12.5 Å². The maximum Gasteiger partial charge on any atom is 0.327 e. The summed E-state index contributed by atoms with van der Waals surface area (Å²) >= 11 is 1.43. The Morgan fingerprint density at radius 3 is 2.95 bits per heavy atom. The molecule has 0 aliphatic carbocycles. The summed E-state index contributed by atoms with van der Waals surface area (Å²) in [6.45, 7) is 1.96. The highest BCUT2D eigenvalue weighted by Crippen LogP contribution is 2.33. The molecule has 0 saturated carbocycles. The molecular formula is C13H15FN2O3S. The summed E-state index contributed by atoms with van der Waals surface area (Å²) in [7, 11) is 0. The fraction of sp³-hybridized carbons (Fsp3) is 0.462. The highest BCUT2D eigenvalue weighted by molar-refractivity contribution is 8.00. The Morgan fingerprint density at radius 2 is 2.35 bits per heavy atom. The van der Waals surface area contributed by atoms with Crippen LogP contribution in [0.3, 0.4) is 0 Å². The topological polar surface area (TPSA) is 70.5 Å². The van der Waals surface area contributed by atoms with Gasteiger partial charge in [-0.2, -0.15) is 0 Å². The number of rotatable bonds is 4. The lowest BCUT2D eigenvalue weighted by atomic mass is 10.1. The molecule has 2 heterocycles. The van der Waals surface area contributed by atoms with E-state index in [0.29, 0.717) is 12.2 Å². The van der Waals surface area contributed by atoms with E-state index in [1.807, 2.05) is 6.92 Å². The van der Waals surface area contributed by atoms with Gasteiger partial charge in [-0.15, -0.1) is 11.8 Å². The summed E-state index contributed by atoms with van der Waals surface area (Å²) in [6.07, 6.45) is 3.80. The highest BCUT2D eigenvalue weighted by Gasteiger charge is 2.41. The SMILES string of the molecule is CCCC1SCC(C(=O)O)N1C(=O)c1ccncc1F. The molecule has 1 aromatic rings. The van der Waals surface area contributed by atoms with Crippen molar-refractivity contribution in [1.82, 2.24) is 9.88 Å². The van der Waals surface area contributed by atoms with Crippen LogP contribution in [0.25, 0.3) is 0 Å². The molecule has 2 atom stereocenters. The van der Waals surface area contributed by atoms with Crippen LogP contribution >= 0.6 is 11.8 Å². The number of amides is 1. The monoisotopic (exact) mass is 298 g/mol. The zero-order valence-electron chi connectivity index (χ0n) is 11.0. The third kappa shape index (κ3) is 2.77. The number of aromatic nitrogens is 1. The molecule has 2 unspecified atom stereocenters. The number of aliphatic carboxylic acids is 1. The molecule has 1 amide bonds. The predicted octanol–water partition coefficient (Wildman–Crippen LogP) is 1.99. The molecule has 5 nitrogen and oxygen atoms in total. The van der Waals surface area contributed by atoms with E-state index in [-0.39, 0.29) is 10.9 Å². The molecule has 20 heavy (non-hydrogen) atoms. The number of carbonyl (C=O) groups is 2. The van der Waals surface area contributed by atoms with Crippen molar-refractivity contribution in [2.45, 2.75) is 31.2 Å². The zero-order chi connectivity index (χ0) is 14.7. The highest BCUT2D eigenvalue weighted by atomic mass is 32.2. The molecule has 0 radical (unpaired) electrons. The molecule has 2 rings (SSSR count). The fourth-order valence-corrected chi connectivity index (χ4v) is 3.70. The number of nitrogens with zero attached hydrogens (tertiary/aromatic N) is 2. The van der Waals surface area contributed by atoms with E-state index >= 15 is 0 Å². The predicted molar refractivity (Wildman–Crippen MR) is 72.9 cm³/mol. The van der Waals surface area contributed by atoms with Crippen molar-refractivity contribution in [3.05, 3.63) is 29.8 Å². The molecule has 7 heteroatoms. The summed E-state index contributed by atoms with van der Waals surface area (Å²) < 4.78 is 13.7. The Hall–Kier alpha value is -1.63. The lowest BCUT2D eigenvalue weighted by molar-refractivity contribution is -0.141. The van der Waals surface area contributed by atoms with Gasteiger partial charge in [0, 0.05) is 11.9 Å². The van der Waals surface area contributed by atoms with Crippen molar-refractivity contribution in [2.75, 3.05) is 5.75 Å². The van der Waals surface area contributed by atoms with Crippen molar-refractivity contribution >= 4 is 23.6 Å². The van der Waals surface area contributed by atoms with Crippen LogP contribution in [0.2, 0.25) is 0 Å². The van der Waals surface area contributed by atoms with Crippen LogP contribution in [0, 0.1) is 5.82 Å². The second-order valence-electron chi connectivity index (χ2n) is 4.50. The Balaban J connectivity index is 2.32. The van der Waals surface area contributed by atoms with E-state index in [9.17, 15) is 19.1 Å². The summed E-state index contributed by atoms with van der Waals surface area (Å²) in [5.41, 5.74) is -0.130. The minimum Gasteiger partial charge on any atom is -0.480 e. The van der Waals surface area contributed by atoms with Crippen LogP contribution in [-0.4, -0.2) is 44.0 Å². The molecule has 1 aliphatic rings. The van der Waals surface area contributed by atoms with Gasteiger partial charge in [-0.1, -0.05) is 13.3 Å². The first-order valence-electron chi connectivity index (χ1n) is 6.32. The molecule has 1 fully saturated rings. The number of hydrogen-bond acceptors (Lipinski definition) is 4. The minimum absolute atomic E-state index is 0.130. The number of halogens is 1. The lowest BCUT2D eigenvalue weighted by Crippen LogP contribution is -2.45. The fourth-order valence-electron chi connectivity index (χ4n) is 2.18. The minimum atomic E-state index is -1.06. The van der Waals surface area contributed by atoms with Crippen molar-refractivity contribution in [3.63, 3.8) is 0 Å². The zero-order valence-corrected chi connectivity index (χ0v) is 11.8. The van der Waals surface area contributed by atoms with Crippen LogP contribution in [-0.2, 0) is 4.79 Å². The van der Waals surface area contributed by atoms with Gasteiger partial charge in [0.05, 0.1) is 17.1 Å². The number of carboxylic acid groups (broad SMARTS) is 1. The number of pyridine rings is 1. The smallest absolute Gasteiger partial charge is 0.327 e. The molecule has 1 saturated heterocycles. The van der Waals surface area contributed by atoms with Gasteiger partial charge in [-0.3, -0.25) is 9.78 Å². The number of carboxylic acids is 1. The van der Waals surface area contributed by atoms with E-state index in [1.54, 1.807) is 0 Å². The van der Waals surface area contributed by atoms with Crippen molar-refractivity contribution in [1.29, 1.82) is 0 Å². The van der Waals surface area contributed by atoms with E-state index < -0.39 is 23.7 Å². The summed E-state index contributed by atoms with van der Waals surface area (Å²) in [5, 5.41) is 9.00. The molecule has 108 valence electrons. The van der Waals surface area contributed by atoms with Gasteiger partial charge in [0.1, 0.15) is 6.04 Å². The molecule has 0 spiro atoms. The third-order valence-electron chi connectivity index (χ3n) is 3.15. The summed E-state index contributed by atoms with van der Waals surface area (Å²) in [4.78, 5) is 28.6. The normalized spacial score (nSPS) is 22.0. The molecule has 1 aliphatic heterocycles. The number of carbonyl (C=O) groups excluding carboxylic acids is 1. The first-order chi connectivity index (χ1) is 9.56. The molecule has 0 aromatic carbocycles. The number of thioether (sulfide) groups is 1. The van der Waals surface area contributed by atoms with E-state index in [4.69, 9.17) is 0 Å². The van der Waals surface area contributed by atoms with Crippen LogP contribution < -0.4 is 0 Å². The van der Waals surface area contributed by atoms with Crippen LogP contribution in [0.5, 0.6) is 0 Å². The largest absolute Gasteiger partial charge is 0.480 e. The van der Waals surface area contributed by atoms with Gasteiger partial charge in [0.25, 0.3) is 5.91 Å². The molecule has 1 aromatic heterocycles. The Kier molecular flexibility index (Phi) is 4.59. The van der Waals surface area contributed by atoms with Gasteiger partial charge in [-0.25, -0.2) is 9.18 Å². The average molecular weight is 298 g/mol. The van der Waals surface area contributed by atoms with Crippen molar-refractivity contribution < 1.29 is 19.1 Å². The molecule has 1 N–H and O–H groups in total. The maximum absolute atomic E-state index is 13.7.